The van der Waals surface area contributed by atoms with Crippen LogP contribution in [0.2, 0.25) is 0 Å². The van der Waals surface area contributed by atoms with Crippen LogP contribution in [0.25, 0.3) is 0 Å². The normalized spacial score (nSPS) is 8.71. The second-order valence-electron chi connectivity index (χ2n) is 6.05. The van der Waals surface area contributed by atoms with Crippen molar-refractivity contribution in [2.24, 2.45) is 0 Å². The van der Waals surface area contributed by atoms with Crippen molar-refractivity contribution in [3.8, 4) is 0 Å². The van der Waals surface area contributed by atoms with E-state index in [9.17, 15) is 14.4 Å². The Morgan fingerprint density at radius 1 is 0.588 bits per heavy atom. The Labute approximate surface area is 201 Å². The van der Waals surface area contributed by atoms with Crippen LogP contribution in [0, 0.1) is 0 Å². The first kappa shape index (κ1) is 29.5. The van der Waals surface area contributed by atoms with Crippen LogP contribution in [0.3, 0.4) is 0 Å². The van der Waals surface area contributed by atoms with Gasteiger partial charge in [0.25, 0.3) is 0 Å². The summed E-state index contributed by atoms with van der Waals surface area (Å²) in [5.74, 6) is -2.16. The van der Waals surface area contributed by atoms with Gasteiger partial charge >= 0.3 is 17.9 Å². The molecule has 0 fully saturated rings. The Hall–Kier alpha value is -4.45. The Bertz CT molecular complexity index is 927. The highest BCUT2D eigenvalue weighted by Crippen LogP contribution is 2.16. The van der Waals surface area contributed by atoms with Crippen molar-refractivity contribution in [1.29, 1.82) is 0 Å². The summed E-state index contributed by atoms with van der Waals surface area (Å²) in [4.78, 5) is 36.0. The van der Waals surface area contributed by atoms with E-state index in [1.54, 1.807) is 12.2 Å². The summed E-state index contributed by atoms with van der Waals surface area (Å²) in [5.41, 5.74) is -0.0205. The predicted octanol–water partition coefficient (Wildman–Crippen LogP) is 5.76. The van der Waals surface area contributed by atoms with E-state index in [4.69, 9.17) is 14.2 Å². The first-order chi connectivity index (χ1) is 16.5. The highest BCUT2D eigenvalue weighted by Gasteiger charge is 2.22. The number of benzene rings is 2. The predicted molar refractivity (Wildman–Crippen MR) is 135 cm³/mol. The number of esters is 3. The molecule has 178 valence electrons. The lowest BCUT2D eigenvalue weighted by Crippen LogP contribution is -2.16. The molecule has 0 unspecified atom stereocenters. The smallest absolute Gasteiger partial charge is 0.339 e. The molecule has 0 saturated carbocycles. The van der Waals surface area contributed by atoms with Gasteiger partial charge in [-0.2, -0.15) is 0 Å². The molecule has 0 N–H and O–H groups in total. The molecule has 0 radical (unpaired) electrons. The molecule has 0 bridgehead atoms. The third kappa shape index (κ3) is 12.4. The molecule has 0 aliphatic heterocycles. The molecule has 0 aliphatic rings. The Morgan fingerprint density at radius 2 is 0.971 bits per heavy atom. The van der Waals surface area contributed by atoms with Gasteiger partial charge in [-0.3, -0.25) is 0 Å². The minimum atomic E-state index is -0.779. The third-order valence-electron chi connectivity index (χ3n) is 3.53. The van der Waals surface area contributed by atoms with Crippen LogP contribution in [-0.4, -0.2) is 37.7 Å². The fourth-order valence-electron chi connectivity index (χ4n) is 2.05. The molecule has 0 aromatic heterocycles. The summed E-state index contributed by atoms with van der Waals surface area (Å²) >= 11 is 0. The molecule has 0 spiro atoms. The quantitative estimate of drug-likeness (QED) is 0.193. The van der Waals surface area contributed by atoms with E-state index < -0.39 is 17.9 Å². The van der Waals surface area contributed by atoms with Crippen LogP contribution in [0.1, 0.15) is 31.1 Å². The maximum atomic E-state index is 12.1. The summed E-state index contributed by atoms with van der Waals surface area (Å²) in [6.45, 7) is 17.0. The zero-order valence-electron chi connectivity index (χ0n) is 19.2. The summed E-state index contributed by atoms with van der Waals surface area (Å²) in [6, 6.07) is 15.9. The zero-order chi connectivity index (χ0) is 25.6. The summed E-state index contributed by atoms with van der Waals surface area (Å²) in [7, 11) is 0. The lowest BCUT2D eigenvalue weighted by atomic mass is 10.0. The average molecular weight is 463 g/mol. The van der Waals surface area contributed by atoms with Crippen molar-refractivity contribution in [3.63, 3.8) is 0 Å². The van der Waals surface area contributed by atoms with Gasteiger partial charge in [-0.25, -0.2) is 14.4 Å². The standard InChI is InChI=1S/C18H18O6.C6H6.C4H6/c1-4-9-22-16(19)13-7-8-14(17(20)23-10-5-2)15(12-13)18(21)24-11-6-3;1-2-4-6-5-3-1;1-3-4-2/h4-8,12H,1-3,9-11H2;1-6H;3-4H,1-2H2. The second kappa shape index (κ2) is 19.3. The van der Waals surface area contributed by atoms with Crippen LogP contribution in [0.4, 0.5) is 0 Å². The lowest BCUT2D eigenvalue weighted by Gasteiger charge is -2.10. The number of carbonyl (C=O) groups excluding carboxylic acids is 3. The van der Waals surface area contributed by atoms with Crippen LogP contribution >= 0.6 is 0 Å². The molecule has 2 aromatic rings. The van der Waals surface area contributed by atoms with Crippen LogP contribution < -0.4 is 0 Å². The minimum Gasteiger partial charge on any atom is -0.458 e. The van der Waals surface area contributed by atoms with Crippen molar-refractivity contribution in [2.45, 2.75) is 0 Å². The second-order valence-corrected chi connectivity index (χ2v) is 6.05. The largest absolute Gasteiger partial charge is 0.458 e. The first-order valence-electron chi connectivity index (χ1n) is 10.2. The number of carbonyl (C=O) groups is 3. The van der Waals surface area contributed by atoms with Gasteiger partial charge < -0.3 is 14.2 Å². The van der Waals surface area contributed by atoms with Gasteiger partial charge in [-0.05, 0) is 18.2 Å². The van der Waals surface area contributed by atoms with Crippen molar-refractivity contribution >= 4 is 17.9 Å². The molecular weight excluding hydrogens is 432 g/mol. The van der Waals surface area contributed by atoms with Gasteiger partial charge in [0.2, 0.25) is 0 Å². The van der Waals surface area contributed by atoms with E-state index in [2.05, 4.69) is 32.9 Å². The number of hydrogen-bond acceptors (Lipinski definition) is 6. The fourth-order valence-corrected chi connectivity index (χ4v) is 2.05. The van der Waals surface area contributed by atoms with Crippen LogP contribution in [0.15, 0.2) is 118 Å². The zero-order valence-corrected chi connectivity index (χ0v) is 19.2. The van der Waals surface area contributed by atoms with E-state index in [0.29, 0.717) is 0 Å². The van der Waals surface area contributed by atoms with Crippen molar-refractivity contribution in [3.05, 3.63) is 135 Å². The highest BCUT2D eigenvalue weighted by molar-refractivity contribution is 6.05. The third-order valence-corrected chi connectivity index (χ3v) is 3.53. The number of allylic oxidation sites excluding steroid dienone is 2. The molecule has 2 aromatic carbocycles. The molecular formula is C28H30O6. The van der Waals surface area contributed by atoms with Crippen molar-refractivity contribution in [2.75, 3.05) is 19.8 Å². The maximum Gasteiger partial charge on any atom is 0.339 e. The van der Waals surface area contributed by atoms with Crippen LogP contribution in [-0.2, 0) is 14.2 Å². The van der Waals surface area contributed by atoms with E-state index in [-0.39, 0.29) is 36.5 Å². The number of hydrogen-bond donors (Lipinski definition) is 0. The molecule has 0 atom stereocenters. The lowest BCUT2D eigenvalue weighted by molar-refractivity contribution is 0.0500. The number of rotatable bonds is 10. The van der Waals surface area contributed by atoms with Gasteiger partial charge in [0, 0.05) is 0 Å². The highest BCUT2D eigenvalue weighted by atomic mass is 16.5. The SMILES string of the molecule is C=CC=C.C=CCOC(=O)c1ccc(C(=O)OCC=C)c(C(=O)OCC=C)c1.c1ccccc1. The van der Waals surface area contributed by atoms with E-state index >= 15 is 0 Å². The van der Waals surface area contributed by atoms with Crippen molar-refractivity contribution in [1.82, 2.24) is 0 Å². The van der Waals surface area contributed by atoms with Gasteiger partial charge in [-0.15, -0.1) is 0 Å². The Kier molecular flexibility index (Phi) is 16.7. The van der Waals surface area contributed by atoms with Gasteiger partial charge in [-0.1, -0.05) is 99.7 Å². The van der Waals surface area contributed by atoms with E-state index in [1.807, 2.05) is 36.4 Å². The summed E-state index contributed by atoms with van der Waals surface area (Å²) in [5, 5.41) is 0. The molecule has 0 heterocycles. The monoisotopic (exact) mass is 462 g/mol. The van der Waals surface area contributed by atoms with E-state index in [0.717, 1.165) is 0 Å². The molecule has 0 aliphatic carbocycles. The van der Waals surface area contributed by atoms with Gasteiger partial charge in [0.1, 0.15) is 19.8 Å². The average Bonchev–Trinajstić information content (AvgIpc) is 2.90. The summed E-state index contributed by atoms with van der Waals surface area (Å²) < 4.78 is 14.8. The molecule has 0 saturated heterocycles. The Balaban J connectivity index is 0.000000896. The molecule has 2 rings (SSSR count). The van der Waals surface area contributed by atoms with E-state index in [1.165, 1.54) is 36.4 Å². The van der Waals surface area contributed by atoms with Gasteiger partial charge in [0.15, 0.2) is 0 Å². The topological polar surface area (TPSA) is 78.9 Å². The Morgan fingerprint density at radius 3 is 1.35 bits per heavy atom. The maximum absolute atomic E-state index is 12.1. The van der Waals surface area contributed by atoms with Crippen LogP contribution in [0.5, 0.6) is 0 Å². The molecule has 6 nitrogen and oxygen atoms in total. The molecule has 34 heavy (non-hydrogen) atoms. The summed E-state index contributed by atoms with van der Waals surface area (Å²) in [6.07, 6.45) is 7.47. The van der Waals surface area contributed by atoms with Crippen molar-refractivity contribution < 1.29 is 28.6 Å². The van der Waals surface area contributed by atoms with Gasteiger partial charge in [0.05, 0.1) is 16.7 Å². The minimum absolute atomic E-state index is 0.0108. The first-order valence-corrected chi connectivity index (χ1v) is 10.2. The molecule has 0 amide bonds. The number of ether oxygens (including phenoxy) is 3. The fraction of sp³-hybridized carbons (Fsp3) is 0.107. The molecule has 6 heteroatoms.